The Morgan fingerprint density at radius 2 is 1.27 bits per heavy atom. The second-order valence-electron chi connectivity index (χ2n) is 8.43. The number of halogens is 2. The molecule has 3 aromatic rings. The molecule has 3 aromatic carbocycles. The number of fused-ring (bicyclic) bond motifs is 1. The summed E-state index contributed by atoms with van der Waals surface area (Å²) >= 11 is 12.2. The molecule has 2 amide bonds. The van der Waals surface area contributed by atoms with E-state index in [1.54, 1.807) is 67.6 Å². The Bertz CT molecular complexity index is 1340. The van der Waals surface area contributed by atoms with Crippen LogP contribution in [-0.2, 0) is 15.0 Å². The molecule has 1 aliphatic heterocycles. The highest BCUT2D eigenvalue weighted by Gasteiger charge is 2.86. The molecule has 7 heteroatoms. The van der Waals surface area contributed by atoms with Crippen LogP contribution in [0.3, 0.4) is 0 Å². The summed E-state index contributed by atoms with van der Waals surface area (Å²) in [7, 11) is 0. The van der Waals surface area contributed by atoms with Crippen LogP contribution in [0.15, 0.2) is 66.7 Å². The van der Waals surface area contributed by atoms with Crippen LogP contribution in [0.25, 0.3) is 0 Å². The monoisotopic (exact) mass is 471 g/mol. The molecular formula is C26H15Cl2N3O2. The molecule has 2 atom stereocenters. The van der Waals surface area contributed by atoms with Crippen molar-refractivity contribution < 1.29 is 9.59 Å². The summed E-state index contributed by atoms with van der Waals surface area (Å²) < 4.78 is 0. The molecule has 33 heavy (non-hydrogen) atoms. The number of hydrogen-bond donors (Lipinski definition) is 0. The largest absolute Gasteiger partial charge is 0.274 e. The van der Waals surface area contributed by atoms with E-state index < -0.39 is 16.7 Å². The Morgan fingerprint density at radius 3 is 1.64 bits per heavy atom. The van der Waals surface area contributed by atoms with Gasteiger partial charge in [-0.1, -0.05) is 47.5 Å². The molecule has 0 radical (unpaired) electrons. The predicted octanol–water partition coefficient (Wildman–Crippen LogP) is 5.23. The summed E-state index contributed by atoms with van der Waals surface area (Å²) in [6.07, 6.45) is 0. The van der Waals surface area contributed by atoms with Crippen molar-refractivity contribution in [3.8, 4) is 12.1 Å². The van der Waals surface area contributed by atoms with E-state index in [-0.39, 0.29) is 11.8 Å². The average Bonchev–Trinajstić information content (AvgIpc) is 3.33. The zero-order valence-corrected chi connectivity index (χ0v) is 18.9. The average molecular weight is 472 g/mol. The number of amides is 2. The van der Waals surface area contributed by atoms with E-state index in [9.17, 15) is 20.1 Å². The van der Waals surface area contributed by atoms with Gasteiger partial charge in [-0.3, -0.25) is 9.59 Å². The second-order valence-corrected chi connectivity index (χ2v) is 9.30. The number of benzene rings is 3. The Balaban J connectivity index is 1.68. The lowest BCUT2D eigenvalue weighted by Crippen LogP contribution is -2.42. The molecule has 160 valence electrons. The first-order chi connectivity index (χ1) is 15.8. The van der Waals surface area contributed by atoms with Crippen LogP contribution in [0.5, 0.6) is 0 Å². The fourth-order valence-electron chi connectivity index (χ4n) is 5.43. The van der Waals surface area contributed by atoms with E-state index in [0.29, 0.717) is 26.9 Å². The van der Waals surface area contributed by atoms with Crippen LogP contribution >= 0.6 is 23.2 Å². The molecule has 0 spiro atoms. The summed E-state index contributed by atoms with van der Waals surface area (Å²) in [6, 6.07) is 22.7. The van der Waals surface area contributed by atoms with E-state index in [1.165, 1.54) is 6.07 Å². The highest BCUT2D eigenvalue weighted by atomic mass is 35.5. The van der Waals surface area contributed by atoms with Gasteiger partial charge in [0.2, 0.25) is 11.8 Å². The minimum atomic E-state index is -1.05. The molecule has 1 saturated heterocycles. The lowest BCUT2D eigenvalue weighted by Gasteiger charge is -2.29. The van der Waals surface area contributed by atoms with Gasteiger partial charge in [-0.25, -0.2) is 4.90 Å². The first-order valence-electron chi connectivity index (χ1n) is 10.1. The first-order valence-corrected chi connectivity index (χ1v) is 10.9. The Morgan fingerprint density at radius 1 is 0.818 bits per heavy atom. The van der Waals surface area contributed by atoms with E-state index in [2.05, 4.69) is 12.1 Å². The second kappa shape index (κ2) is 7.18. The molecule has 5 rings (SSSR count). The minimum absolute atomic E-state index is 0.328. The summed E-state index contributed by atoms with van der Waals surface area (Å²) in [4.78, 5) is 28.7. The lowest BCUT2D eigenvalue weighted by molar-refractivity contribution is -0.125. The van der Waals surface area contributed by atoms with Gasteiger partial charge in [0, 0.05) is 15.5 Å². The Labute approximate surface area is 200 Å². The van der Waals surface area contributed by atoms with Crippen LogP contribution in [0.2, 0.25) is 10.0 Å². The number of anilines is 1. The number of hydrogen-bond acceptors (Lipinski definition) is 4. The first kappa shape index (κ1) is 21.2. The molecule has 1 unspecified atom stereocenters. The third-order valence-electron chi connectivity index (χ3n) is 6.91. The fraction of sp³-hybridized carbons (Fsp3) is 0.154. The van der Waals surface area contributed by atoms with Gasteiger partial charge < -0.3 is 0 Å². The van der Waals surface area contributed by atoms with Crippen molar-refractivity contribution in [2.24, 2.45) is 11.3 Å². The van der Waals surface area contributed by atoms with E-state index in [0.717, 1.165) is 16.0 Å². The Hall–Kier alpha value is -3.64. The molecule has 5 nitrogen and oxygen atoms in total. The summed E-state index contributed by atoms with van der Waals surface area (Å²) in [5, 5.41) is 19.1. The summed E-state index contributed by atoms with van der Waals surface area (Å²) in [5.41, 5.74) is 0.872. The van der Waals surface area contributed by atoms with Gasteiger partial charge in [0.15, 0.2) is 0 Å². The van der Waals surface area contributed by atoms with Crippen LogP contribution in [-0.4, -0.2) is 11.8 Å². The third-order valence-corrected chi connectivity index (χ3v) is 7.34. The molecule has 0 aromatic heterocycles. The molecule has 2 fully saturated rings. The van der Waals surface area contributed by atoms with Crippen LogP contribution in [0.4, 0.5) is 5.69 Å². The van der Waals surface area contributed by atoms with E-state index in [1.807, 2.05) is 0 Å². The van der Waals surface area contributed by atoms with Crippen molar-refractivity contribution >= 4 is 40.7 Å². The topological polar surface area (TPSA) is 85.0 Å². The molecule has 2 aliphatic rings. The summed E-state index contributed by atoms with van der Waals surface area (Å²) in [6.45, 7) is 1.79. The van der Waals surface area contributed by atoms with Crippen molar-refractivity contribution in [1.82, 2.24) is 0 Å². The maximum atomic E-state index is 13.8. The van der Waals surface area contributed by atoms with Crippen molar-refractivity contribution in [2.75, 3.05) is 4.90 Å². The molecule has 1 saturated carbocycles. The van der Waals surface area contributed by atoms with Crippen molar-refractivity contribution in [2.45, 2.75) is 12.3 Å². The highest BCUT2D eigenvalue weighted by Crippen LogP contribution is 2.76. The number of imide groups is 1. The van der Waals surface area contributed by atoms with E-state index >= 15 is 0 Å². The SMILES string of the molecule is C[C@]12C(=O)N(c3cc(Cl)cc(Cl)c3)C(=O)C1C2(c1ccc(C#N)cc1)c1ccc(C#N)cc1. The van der Waals surface area contributed by atoms with Crippen LogP contribution in [0, 0.1) is 34.0 Å². The van der Waals surface area contributed by atoms with Crippen LogP contribution in [0.1, 0.15) is 29.2 Å². The number of rotatable bonds is 3. The predicted molar refractivity (Wildman–Crippen MR) is 124 cm³/mol. The van der Waals surface area contributed by atoms with Crippen LogP contribution < -0.4 is 4.90 Å². The van der Waals surface area contributed by atoms with Gasteiger partial charge in [-0.2, -0.15) is 10.5 Å². The van der Waals surface area contributed by atoms with Crippen molar-refractivity contribution in [1.29, 1.82) is 10.5 Å². The molecule has 1 aliphatic carbocycles. The van der Waals surface area contributed by atoms with Gasteiger partial charge >= 0.3 is 0 Å². The number of nitriles is 2. The van der Waals surface area contributed by atoms with Gasteiger partial charge in [-0.15, -0.1) is 0 Å². The highest BCUT2D eigenvalue weighted by molar-refractivity contribution is 6.36. The molecule has 0 bridgehead atoms. The standard InChI is InChI=1S/C26H15Cl2N3O2/c1-25-22(23(32)31(24(25)33)21-11-19(27)10-20(28)12-21)26(25,17-6-2-15(13-29)3-7-17)18-8-4-16(14-30)5-9-18/h2-12,22H,1H3/t22?,25-/m1/s1. The number of piperidine rings is 1. The quantitative estimate of drug-likeness (QED) is 0.489. The normalized spacial score (nSPS) is 22.5. The number of carbonyl (C=O) groups excluding carboxylic acids is 2. The molecular weight excluding hydrogens is 457 g/mol. The van der Waals surface area contributed by atoms with Crippen molar-refractivity contribution in [3.63, 3.8) is 0 Å². The fourth-order valence-corrected chi connectivity index (χ4v) is 5.95. The number of nitrogens with zero attached hydrogens (tertiary/aromatic N) is 3. The smallest absolute Gasteiger partial charge is 0.241 e. The molecule has 0 N–H and O–H groups in total. The minimum Gasteiger partial charge on any atom is -0.274 e. The van der Waals surface area contributed by atoms with Gasteiger partial charge in [0.1, 0.15) is 0 Å². The Kier molecular flexibility index (Phi) is 4.62. The maximum Gasteiger partial charge on any atom is 0.241 e. The zero-order valence-electron chi connectivity index (χ0n) is 17.3. The molecule has 1 heterocycles. The zero-order chi connectivity index (χ0) is 23.5. The van der Waals surface area contributed by atoms with E-state index in [4.69, 9.17) is 23.2 Å². The summed E-state index contributed by atoms with van der Waals surface area (Å²) in [5.74, 6) is -1.34. The van der Waals surface area contributed by atoms with Gasteiger partial charge in [-0.05, 0) is 60.5 Å². The number of carbonyl (C=O) groups is 2. The van der Waals surface area contributed by atoms with Gasteiger partial charge in [0.25, 0.3) is 0 Å². The lowest BCUT2D eigenvalue weighted by atomic mass is 9.78. The van der Waals surface area contributed by atoms with Gasteiger partial charge in [0.05, 0.1) is 40.3 Å². The third kappa shape index (κ3) is 2.70. The van der Waals surface area contributed by atoms with Crippen molar-refractivity contribution in [3.05, 3.63) is 99.0 Å². The maximum absolute atomic E-state index is 13.8.